The summed E-state index contributed by atoms with van der Waals surface area (Å²) >= 11 is 3.49. The highest BCUT2D eigenvalue weighted by molar-refractivity contribution is 9.10. The quantitative estimate of drug-likeness (QED) is 0.854. The molecule has 2 rings (SSSR count). The van der Waals surface area contributed by atoms with Gasteiger partial charge in [-0.15, -0.1) is 5.10 Å². The third-order valence-electron chi connectivity index (χ3n) is 3.03. The number of carbonyl (C=O) groups is 1. The van der Waals surface area contributed by atoms with E-state index in [4.69, 9.17) is 0 Å². The van der Waals surface area contributed by atoms with E-state index in [1.165, 1.54) is 0 Å². The van der Waals surface area contributed by atoms with Crippen LogP contribution < -0.4 is 5.32 Å². The van der Waals surface area contributed by atoms with Crippen molar-refractivity contribution >= 4 is 21.8 Å². The molecule has 0 atom stereocenters. The Balaban J connectivity index is 1.94. The molecule has 0 aliphatic heterocycles. The van der Waals surface area contributed by atoms with Crippen LogP contribution in [0.1, 0.15) is 11.3 Å². The molecule has 1 N–H and O–H groups in total. The highest BCUT2D eigenvalue weighted by Gasteiger charge is 2.12. The van der Waals surface area contributed by atoms with Crippen molar-refractivity contribution in [1.29, 1.82) is 0 Å². The molecule has 0 saturated carbocycles. The van der Waals surface area contributed by atoms with E-state index in [-0.39, 0.29) is 12.5 Å². The van der Waals surface area contributed by atoms with Crippen LogP contribution in [0.4, 0.5) is 0 Å². The molecule has 6 nitrogen and oxygen atoms in total. The Labute approximate surface area is 132 Å². The van der Waals surface area contributed by atoms with Crippen molar-refractivity contribution in [3.8, 4) is 0 Å². The van der Waals surface area contributed by atoms with E-state index in [0.717, 1.165) is 15.7 Å². The number of rotatable bonds is 6. The average molecular weight is 352 g/mol. The third kappa shape index (κ3) is 4.37. The minimum absolute atomic E-state index is 0.00772. The second-order valence-corrected chi connectivity index (χ2v) is 5.63. The monoisotopic (exact) mass is 351 g/mol. The number of amides is 1. The highest BCUT2D eigenvalue weighted by atomic mass is 79.9. The highest BCUT2D eigenvalue weighted by Crippen LogP contribution is 2.17. The van der Waals surface area contributed by atoms with Crippen molar-refractivity contribution in [1.82, 2.24) is 25.2 Å². The van der Waals surface area contributed by atoms with Gasteiger partial charge in [-0.2, -0.15) is 0 Å². The molecule has 0 radical (unpaired) electrons. The average Bonchev–Trinajstić information content (AvgIpc) is 2.89. The van der Waals surface area contributed by atoms with Crippen molar-refractivity contribution < 1.29 is 4.79 Å². The molecule has 1 aromatic heterocycles. The molecule has 1 amide bonds. The number of carbonyl (C=O) groups excluding carboxylic acids is 1. The van der Waals surface area contributed by atoms with Crippen LogP contribution in [0, 0.1) is 0 Å². The van der Waals surface area contributed by atoms with Gasteiger partial charge in [-0.3, -0.25) is 4.79 Å². The lowest BCUT2D eigenvalue weighted by Gasteiger charge is -2.17. The Hall–Kier alpha value is -1.73. The molecule has 0 saturated heterocycles. The largest absolute Gasteiger partial charge is 0.340 e. The van der Waals surface area contributed by atoms with Gasteiger partial charge in [0, 0.05) is 24.6 Å². The molecule has 1 heterocycles. The van der Waals surface area contributed by atoms with Crippen LogP contribution in [-0.4, -0.2) is 39.9 Å². The summed E-state index contributed by atoms with van der Waals surface area (Å²) in [6.45, 7) is 1.39. The second kappa shape index (κ2) is 7.33. The first-order chi connectivity index (χ1) is 10.1. The van der Waals surface area contributed by atoms with E-state index in [2.05, 4.69) is 31.6 Å². The van der Waals surface area contributed by atoms with Crippen LogP contribution in [-0.2, 0) is 24.4 Å². The van der Waals surface area contributed by atoms with Crippen molar-refractivity contribution in [2.75, 3.05) is 14.1 Å². The lowest BCUT2D eigenvalue weighted by Crippen LogP contribution is -2.30. The Morgan fingerprint density at radius 3 is 2.90 bits per heavy atom. The molecule has 0 unspecified atom stereocenters. The summed E-state index contributed by atoms with van der Waals surface area (Å²) in [5, 5.41) is 10.9. The number of benzene rings is 1. The predicted octanol–water partition coefficient (Wildman–Crippen LogP) is 1.42. The van der Waals surface area contributed by atoms with Crippen LogP contribution in [0.25, 0.3) is 0 Å². The van der Waals surface area contributed by atoms with Crippen molar-refractivity contribution in [2.45, 2.75) is 19.6 Å². The Kier molecular flexibility index (Phi) is 5.46. The van der Waals surface area contributed by atoms with Gasteiger partial charge in [-0.1, -0.05) is 39.3 Å². The fourth-order valence-electron chi connectivity index (χ4n) is 1.91. The maximum atomic E-state index is 12.2. The maximum absolute atomic E-state index is 12.2. The Bertz CT molecular complexity index is 613. The molecule has 0 aliphatic rings. The molecular weight excluding hydrogens is 334 g/mol. The number of halogens is 1. The number of likely N-dealkylation sites (N-methyl/N-ethyl adjacent to an activating group) is 1. The van der Waals surface area contributed by atoms with Crippen molar-refractivity contribution in [3.63, 3.8) is 0 Å². The zero-order chi connectivity index (χ0) is 15.2. The number of nitrogens with one attached hydrogen (secondary N) is 1. The van der Waals surface area contributed by atoms with Crippen LogP contribution >= 0.6 is 15.9 Å². The van der Waals surface area contributed by atoms with Crippen molar-refractivity contribution in [3.05, 3.63) is 46.2 Å². The lowest BCUT2D eigenvalue weighted by molar-refractivity contribution is -0.131. The Morgan fingerprint density at radius 1 is 1.43 bits per heavy atom. The van der Waals surface area contributed by atoms with Crippen LogP contribution in [0.2, 0.25) is 0 Å². The van der Waals surface area contributed by atoms with E-state index in [1.807, 2.05) is 31.3 Å². The molecule has 1 aromatic carbocycles. The minimum Gasteiger partial charge on any atom is -0.340 e. The van der Waals surface area contributed by atoms with Gasteiger partial charge in [0.25, 0.3) is 0 Å². The first kappa shape index (κ1) is 15.7. The summed E-state index contributed by atoms with van der Waals surface area (Å²) < 4.78 is 2.56. The SMILES string of the molecule is CNCc1cn(CC(=O)N(C)Cc2ccccc2Br)nn1. The van der Waals surface area contributed by atoms with Gasteiger partial charge in [0.15, 0.2) is 0 Å². The molecule has 7 heteroatoms. The summed E-state index contributed by atoms with van der Waals surface area (Å²) in [7, 11) is 3.63. The zero-order valence-electron chi connectivity index (χ0n) is 12.1. The molecule has 0 aliphatic carbocycles. The summed E-state index contributed by atoms with van der Waals surface area (Å²) in [6.07, 6.45) is 1.78. The van der Waals surface area contributed by atoms with E-state index in [9.17, 15) is 4.79 Å². The number of nitrogens with zero attached hydrogens (tertiary/aromatic N) is 4. The first-order valence-corrected chi connectivity index (χ1v) is 7.40. The maximum Gasteiger partial charge on any atom is 0.244 e. The van der Waals surface area contributed by atoms with Crippen LogP contribution in [0.3, 0.4) is 0 Å². The predicted molar refractivity (Wildman–Crippen MR) is 83.4 cm³/mol. The van der Waals surface area contributed by atoms with E-state index < -0.39 is 0 Å². The van der Waals surface area contributed by atoms with E-state index in [0.29, 0.717) is 13.1 Å². The van der Waals surface area contributed by atoms with Gasteiger partial charge < -0.3 is 10.2 Å². The van der Waals surface area contributed by atoms with Gasteiger partial charge in [-0.25, -0.2) is 4.68 Å². The smallest absolute Gasteiger partial charge is 0.244 e. The molecule has 2 aromatic rings. The normalized spacial score (nSPS) is 10.6. The summed E-state index contributed by atoms with van der Waals surface area (Å²) in [6, 6.07) is 7.87. The summed E-state index contributed by atoms with van der Waals surface area (Å²) in [5.74, 6) is -0.00772. The molecule has 112 valence electrons. The van der Waals surface area contributed by atoms with Gasteiger partial charge in [-0.05, 0) is 18.7 Å². The van der Waals surface area contributed by atoms with E-state index in [1.54, 1.807) is 22.8 Å². The van der Waals surface area contributed by atoms with Gasteiger partial charge in [0.05, 0.1) is 11.9 Å². The van der Waals surface area contributed by atoms with Crippen molar-refractivity contribution in [2.24, 2.45) is 0 Å². The number of hydrogen-bond acceptors (Lipinski definition) is 4. The topological polar surface area (TPSA) is 63.1 Å². The molecule has 21 heavy (non-hydrogen) atoms. The Morgan fingerprint density at radius 2 is 2.19 bits per heavy atom. The molecular formula is C14H18BrN5O. The molecule has 0 spiro atoms. The molecule has 0 bridgehead atoms. The van der Waals surface area contributed by atoms with Gasteiger partial charge in [0.2, 0.25) is 5.91 Å². The van der Waals surface area contributed by atoms with E-state index >= 15 is 0 Å². The minimum atomic E-state index is -0.00772. The summed E-state index contributed by atoms with van der Waals surface area (Å²) in [4.78, 5) is 13.9. The standard InChI is InChI=1S/C14H18BrN5O/c1-16-7-12-9-20(18-17-12)10-14(21)19(2)8-11-5-3-4-6-13(11)15/h3-6,9,16H,7-8,10H2,1-2H3. The van der Waals surface area contributed by atoms with Gasteiger partial charge >= 0.3 is 0 Å². The first-order valence-electron chi connectivity index (χ1n) is 6.61. The number of hydrogen-bond donors (Lipinski definition) is 1. The van der Waals surface area contributed by atoms with Gasteiger partial charge in [0.1, 0.15) is 6.54 Å². The summed E-state index contributed by atoms with van der Waals surface area (Å²) in [5.41, 5.74) is 1.89. The lowest BCUT2D eigenvalue weighted by atomic mass is 10.2. The fraction of sp³-hybridized carbons (Fsp3) is 0.357. The number of aromatic nitrogens is 3. The zero-order valence-corrected chi connectivity index (χ0v) is 13.7. The third-order valence-corrected chi connectivity index (χ3v) is 3.81. The van der Waals surface area contributed by atoms with Crippen LogP contribution in [0.15, 0.2) is 34.9 Å². The molecule has 0 fully saturated rings. The van der Waals surface area contributed by atoms with Crippen LogP contribution in [0.5, 0.6) is 0 Å². The fourth-order valence-corrected chi connectivity index (χ4v) is 2.32. The second-order valence-electron chi connectivity index (χ2n) is 4.78.